The van der Waals surface area contributed by atoms with Crippen molar-refractivity contribution in [1.29, 1.82) is 0 Å². The maximum Gasteiger partial charge on any atom is 0.281 e. The van der Waals surface area contributed by atoms with Gasteiger partial charge in [0.15, 0.2) is 16.6 Å². The quantitative estimate of drug-likeness (QED) is 0.116. The van der Waals surface area contributed by atoms with E-state index >= 15 is 0 Å². The molecule has 0 bridgehead atoms. The Morgan fingerprint density at radius 2 is 1.72 bits per heavy atom. The van der Waals surface area contributed by atoms with Crippen LogP contribution in [0.15, 0.2) is 84.6 Å². The first-order valence-corrected chi connectivity index (χ1v) is 13.9. The zero-order valence-electron chi connectivity index (χ0n) is 21.8. The number of likely N-dealkylation sites (N-methyl/N-ethyl adjacent to an activating group) is 1. The normalized spacial score (nSPS) is 14.4. The Labute approximate surface area is 246 Å². The van der Waals surface area contributed by atoms with Gasteiger partial charge in [0.25, 0.3) is 5.91 Å². The second-order valence-electron chi connectivity index (χ2n) is 8.90. The van der Waals surface area contributed by atoms with Gasteiger partial charge in [0, 0.05) is 7.05 Å². The summed E-state index contributed by atoms with van der Waals surface area (Å²) in [7, 11) is 3.41. The monoisotopic (exact) mass is 650 g/mol. The van der Waals surface area contributed by atoms with E-state index in [-0.39, 0.29) is 5.91 Å². The fourth-order valence-electron chi connectivity index (χ4n) is 4.53. The van der Waals surface area contributed by atoms with Crippen molar-refractivity contribution in [3.8, 4) is 17.2 Å². The van der Waals surface area contributed by atoms with Crippen LogP contribution >= 0.6 is 34.8 Å². The van der Waals surface area contributed by atoms with Gasteiger partial charge in [-0.25, -0.2) is 0 Å². The molecule has 6 nitrogen and oxygen atoms in total. The van der Waals surface area contributed by atoms with E-state index in [1.807, 2.05) is 67.6 Å². The van der Waals surface area contributed by atoms with Crippen LogP contribution in [-0.2, 0) is 11.4 Å². The van der Waals surface area contributed by atoms with E-state index in [9.17, 15) is 4.79 Å². The van der Waals surface area contributed by atoms with E-state index in [0.29, 0.717) is 41.2 Å². The van der Waals surface area contributed by atoms with Crippen molar-refractivity contribution in [2.45, 2.75) is 13.5 Å². The Kier molecular flexibility index (Phi) is 8.04. The number of fused-ring (bicyclic) bond motifs is 1. The molecule has 1 aliphatic heterocycles. The van der Waals surface area contributed by atoms with Crippen molar-refractivity contribution in [3.63, 3.8) is 0 Å². The van der Waals surface area contributed by atoms with Crippen molar-refractivity contribution < 1.29 is 19.0 Å². The van der Waals surface area contributed by atoms with E-state index in [0.717, 1.165) is 25.8 Å². The number of hydrogen-bond acceptors (Lipinski definition) is 5. The zero-order chi connectivity index (χ0) is 27.5. The SMILES string of the molecule is CCOc1ccc(N2C(=O)/C(=C/c3cc(I)c(OCc4cccc5ccccc45)c(OC)c3)N(C)C2=S)cc1. The van der Waals surface area contributed by atoms with Gasteiger partial charge in [-0.3, -0.25) is 9.69 Å². The number of carbonyl (C=O) groups is 1. The number of benzene rings is 4. The molecule has 0 aromatic heterocycles. The summed E-state index contributed by atoms with van der Waals surface area (Å²) in [4.78, 5) is 16.7. The van der Waals surface area contributed by atoms with Crippen LogP contribution in [0.25, 0.3) is 16.8 Å². The molecular weight excluding hydrogens is 623 g/mol. The largest absolute Gasteiger partial charge is 0.494 e. The number of carbonyl (C=O) groups excluding carboxylic acids is 1. The summed E-state index contributed by atoms with van der Waals surface area (Å²) in [5, 5.41) is 2.74. The van der Waals surface area contributed by atoms with E-state index in [4.69, 9.17) is 26.4 Å². The number of nitrogens with zero attached hydrogens (tertiary/aromatic N) is 2. The third-order valence-corrected chi connectivity index (χ3v) is 7.73. The molecule has 1 fully saturated rings. The van der Waals surface area contributed by atoms with Crippen molar-refractivity contribution in [3.05, 3.63) is 99.3 Å². The lowest BCUT2D eigenvalue weighted by Crippen LogP contribution is -2.31. The molecule has 0 unspecified atom stereocenters. The predicted octanol–water partition coefficient (Wildman–Crippen LogP) is 7.04. The molecule has 0 saturated carbocycles. The maximum atomic E-state index is 13.5. The molecule has 1 aliphatic rings. The fourth-order valence-corrected chi connectivity index (χ4v) is 5.60. The summed E-state index contributed by atoms with van der Waals surface area (Å²) in [5.41, 5.74) is 3.06. The molecule has 39 heavy (non-hydrogen) atoms. The number of hydrogen-bond donors (Lipinski definition) is 0. The Hall–Kier alpha value is -3.63. The van der Waals surface area contributed by atoms with E-state index in [2.05, 4.69) is 46.9 Å². The average Bonchev–Trinajstić information content (AvgIpc) is 3.15. The molecular formula is C31H27IN2O4S. The van der Waals surface area contributed by atoms with Gasteiger partial charge >= 0.3 is 0 Å². The minimum absolute atomic E-state index is 0.197. The summed E-state index contributed by atoms with van der Waals surface area (Å²) < 4.78 is 18.4. The van der Waals surface area contributed by atoms with Gasteiger partial charge in [-0.2, -0.15) is 0 Å². The molecule has 8 heteroatoms. The molecule has 4 aromatic rings. The lowest BCUT2D eigenvalue weighted by atomic mass is 10.1. The molecule has 0 spiro atoms. The fraction of sp³-hybridized carbons (Fsp3) is 0.161. The van der Waals surface area contributed by atoms with Crippen molar-refractivity contribution >= 4 is 68.4 Å². The van der Waals surface area contributed by atoms with Crippen LogP contribution in [0.4, 0.5) is 5.69 Å². The van der Waals surface area contributed by atoms with Crippen molar-refractivity contribution in [2.75, 3.05) is 25.7 Å². The van der Waals surface area contributed by atoms with E-state index in [1.54, 1.807) is 19.1 Å². The lowest BCUT2D eigenvalue weighted by Gasteiger charge is -2.17. The van der Waals surface area contributed by atoms with Gasteiger partial charge in [-0.15, -0.1) is 0 Å². The molecule has 0 atom stereocenters. The molecule has 4 aromatic carbocycles. The average molecular weight is 651 g/mol. The van der Waals surface area contributed by atoms with Crippen LogP contribution in [0.2, 0.25) is 0 Å². The molecule has 1 heterocycles. The van der Waals surface area contributed by atoms with Crippen molar-refractivity contribution in [2.24, 2.45) is 0 Å². The van der Waals surface area contributed by atoms with Gasteiger partial charge in [0.05, 0.1) is 23.0 Å². The van der Waals surface area contributed by atoms with Crippen LogP contribution in [0.5, 0.6) is 17.2 Å². The summed E-state index contributed by atoms with van der Waals surface area (Å²) in [6.07, 6.45) is 1.82. The van der Waals surface area contributed by atoms with Crippen LogP contribution in [0.3, 0.4) is 0 Å². The third kappa shape index (κ3) is 5.44. The number of anilines is 1. The van der Waals surface area contributed by atoms with Gasteiger partial charge < -0.3 is 19.1 Å². The molecule has 0 N–H and O–H groups in total. The first-order chi connectivity index (χ1) is 18.9. The number of rotatable bonds is 8. The topological polar surface area (TPSA) is 51.2 Å². The van der Waals surface area contributed by atoms with Crippen LogP contribution in [0.1, 0.15) is 18.1 Å². The summed E-state index contributed by atoms with van der Waals surface area (Å²) >= 11 is 7.86. The number of thiocarbonyl (C=S) groups is 1. The molecule has 198 valence electrons. The minimum Gasteiger partial charge on any atom is -0.494 e. The summed E-state index contributed by atoms with van der Waals surface area (Å²) in [5.74, 6) is 1.79. The Balaban J connectivity index is 1.40. The van der Waals surface area contributed by atoms with E-state index < -0.39 is 0 Å². The highest BCUT2D eigenvalue weighted by atomic mass is 127. The van der Waals surface area contributed by atoms with E-state index in [1.165, 1.54) is 10.3 Å². The number of halogens is 1. The second kappa shape index (κ2) is 11.6. The Bertz CT molecular complexity index is 1580. The molecule has 1 amide bonds. The Morgan fingerprint density at radius 3 is 2.46 bits per heavy atom. The van der Waals surface area contributed by atoms with Gasteiger partial charge in [0.2, 0.25) is 0 Å². The number of amides is 1. The highest BCUT2D eigenvalue weighted by molar-refractivity contribution is 14.1. The zero-order valence-corrected chi connectivity index (χ0v) is 24.8. The first kappa shape index (κ1) is 27.0. The van der Waals surface area contributed by atoms with Crippen LogP contribution in [-0.4, -0.2) is 36.7 Å². The minimum atomic E-state index is -0.197. The van der Waals surface area contributed by atoms with Gasteiger partial charge in [-0.1, -0.05) is 42.5 Å². The lowest BCUT2D eigenvalue weighted by molar-refractivity contribution is -0.114. The smallest absolute Gasteiger partial charge is 0.281 e. The third-order valence-electron chi connectivity index (χ3n) is 6.47. The molecule has 0 aliphatic carbocycles. The predicted molar refractivity (Wildman–Crippen MR) is 167 cm³/mol. The molecule has 5 rings (SSSR count). The van der Waals surface area contributed by atoms with Crippen LogP contribution in [0, 0.1) is 3.57 Å². The highest BCUT2D eigenvalue weighted by Crippen LogP contribution is 2.37. The Morgan fingerprint density at radius 1 is 0.974 bits per heavy atom. The maximum absolute atomic E-state index is 13.5. The summed E-state index contributed by atoms with van der Waals surface area (Å²) in [6.45, 7) is 2.91. The number of methoxy groups -OCH3 is 1. The molecule has 0 radical (unpaired) electrons. The van der Waals surface area contributed by atoms with Gasteiger partial charge in [0.1, 0.15) is 18.1 Å². The van der Waals surface area contributed by atoms with Gasteiger partial charge in [-0.05, 0) is 106 Å². The van der Waals surface area contributed by atoms with Crippen molar-refractivity contribution in [1.82, 2.24) is 4.90 Å². The second-order valence-corrected chi connectivity index (χ2v) is 10.4. The highest BCUT2D eigenvalue weighted by Gasteiger charge is 2.36. The number of ether oxygens (including phenoxy) is 3. The standard InChI is InChI=1S/C31H27IN2O4S/c1-4-37-24-14-12-23(13-15-24)34-30(35)27(33(2)31(34)39)17-20-16-26(32)29(28(18-20)36-3)38-19-22-10-7-9-21-8-5-6-11-25(21)22/h5-18H,4,19H2,1-3H3/b27-17-. The van der Waals surface area contributed by atoms with Crippen LogP contribution < -0.4 is 19.1 Å². The summed E-state index contributed by atoms with van der Waals surface area (Å²) in [6, 6.07) is 25.6. The molecule has 1 saturated heterocycles. The first-order valence-electron chi connectivity index (χ1n) is 12.4.